The van der Waals surface area contributed by atoms with Crippen molar-refractivity contribution in [3.63, 3.8) is 0 Å². The van der Waals surface area contributed by atoms with E-state index in [2.05, 4.69) is 40.1 Å². The molecule has 2 fully saturated rings. The topological polar surface area (TPSA) is 52.6 Å². The SMILES string of the molecule is Cc1cc(N2CCCCC2)nc(N2CCN(C(=O)Cc3cccc4ccccc34)CC2)n1. The molecule has 3 aromatic rings. The van der Waals surface area contributed by atoms with Crippen molar-refractivity contribution in [1.29, 1.82) is 0 Å². The smallest absolute Gasteiger partial charge is 0.227 e. The molecule has 6 nitrogen and oxygen atoms in total. The summed E-state index contributed by atoms with van der Waals surface area (Å²) in [6.45, 7) is 7.15. The van der Waals surface area contributed by atoms with Crippen LogP contribution in [0.1, 0.15) is 30.5 Å². The highest BCUT2D eigenvalue weighted by Crippen LogP contribution is 2.23. The maximum absolute atomic E-state index is 13.0. The summed E-state index contributed by atoms with van der Waals surface area (Å²) in [5.74, 6) is 2.04. The molecule has 0 unspecified atom stereocenters. The number of carbonyl (C=O) groups is 1. The summed E-state index contributed by atoms with van der Waals surface area (Å²) in [7, 11) is 0. The Balaban J connectivity index is 1.24. The number of anilines is 2. The second-order valence-corrected chi connectivity index (χ2v) is 8.90. The average Bonchev–Trinajstić information content (AvgIpc) is 2.84. The molecule has 2 aliphatic heterocycles. The summed E-state index contributed by atoms with van der Waals surface area (Å²) in [6, 6.07) is 16.6. The molecular formula is C26H31N5O. The Bertz CT molecular complexity index is 1100. The molecule has 2 saturated heterocycles. The molecule has 0 bridgehead atoms. The molecule has 0 atom stereocenters. The number of aryl methyl sites for hydroxylation is 1. The van der Waals surface area contributed by atoms with Crippen molar-refractivity contribution in [2.45, 2.75) is 32.6 Å². The normalized spacial score (nSPS) is 17.1. The second kappa shape index (κ2) is 9.15. The van der Waals surface area contributed by atoms with Crippen molar-refractivity contribution in [3.8, 4) is 0 Å². The molecule has 166 valence electrons. The lowest BCUT2D eigenvalue weighted by atomic mass is 10.0. The summed E-state index contributed by atoms with van der Waals surface area (Å²) < 4.78 is 0. The van der Waals surface area contributed by atoms with Gasteiger partial charge < -0.3 is 14.7 Å². The number of fused-ring (bicyclic) bond motifs is 1. The fraction of sp³-hybridized carbons (Fsp3) is 0.423. The first kappa shape index (κ1) is 20.7. The number of benzene rings is 2. The van der Waals surface area contributed by atoms with Gasteiger partial charge in [-0.2, -0.15) is 4.98 Å². The van der Waals surface area contributed by atoms with Crippen molar-refractivity contribution in [3.05, 3.63) is 59.8 Å². The summed E-state index contributed by atoms with van der Waals surface area (Å²) >= 11 is 0. The van der Waals surface area contributed by atoms with Crippen LogP contribution in [-0.4, -0.2) is 60.0 Å². The Labute approximate surface area is 189 Å². The minimum absolute atomic E-state index is 0.195. The number of hydrogen-bond donors (Lipinski definition) is 0. The largest absolute Gasteiger partial charge is 0.356 e. The highest BCUT2D eigenvalue weighted by molar-refractivity contribution is 5.90. The van der Waals surface area contributed by atoms with Crippen LogP contribution in [0.15, 0.2) is 48.5 Å². The van der Waals surface area contributed by atoms with E-state index >= 15 is 0 Å². The molecule has 1 aromatic heterocycles. The third kappa shape index (κ3) is 4.40. The van der Waals surface area contributed by atoms with E-state index in [1.54, 1.807) is 0 Å². The maximum atomic E-state index is 13.0. The first-order valence-corrected chi connectivity index (χ1v) is 11.8. The molecule has 6 heteroatoms. The van der Waals surface area contributed by atoms with Crippen LogP contribution in [0.25, 0.3) is 10.8 Å². The minimum atomic E-state index is 0.195. The van der Waals surface area contributed by atoms with Crippen LogP contribution in [0.4, 0.5) is 11.8 Å². The monoisotopic (exact) mass is 429 g/mol. The van der Waals surface area contributed by atoms with Gasteiger partial charge in [0.1, 0.15) is 5.82 Å². The van der Waals surface area contributed by atoms with E-state index in [1.165, 1.54) is 30.0 Å². The Morgan fingerprint density at radius 2 is 1.59 bits per heavy atom. The molecule has 0 N–H and O–H groups in total. The zero-order valence-electron chi connectivity index (χ0n) is 18.8. The molecule has 32 heavy (non-hydrogen) atoms. The molecule has 5 rings (SSSR count). The van der Waals surface area contributed by atoms with Crippen LogP contribution in [-0.2, 0) is 11.2 Å². The number of hydrogen-bond acceptors (Lipinski definition) is 5. The summed E-state index contributed by atoms with van der Waals surface area (Å²) in [4.78, 5) is 29.2. The predicted octanol–water partition coefficient (Wildman–Crippen LogP) is 3.82. The fourth-order valence-electron chi connectivity index (χ4n) is 4.84. The average molecular weight is 430 g/mol. The molecule has 0 spiro atoms. The van der Waals surface area contributed by atoms with Crippen LogP contribution >= 0.6 is 0 Å². The highest BCUT2D eigenvalue weighted by atomic mass is 16.2. The molecule has 0 saturated carbocycles. The van der Waals surface area contributed by atoms with Crippen LogP contribution < -0.4 is 9.80 Å². The van der Waals surface area contributed by atoms with Gasteiger partial charge in [-0.3, -0.25) is 4.79 Å². The third-order valence-corrected chi connectivity index (χ3v) is 6.65. The minimum Gasteiger partial charge on any atom is -0.356 e. The van der Waals surface area contributed by atoms with Gasteiger partial charge in [-0.05, 0) is 42.5 Å². The van der Waals surface area contributed by atoms with E-state index in [1.807, 2.05) is 30.0 Å². The summed E-state index contributed by atoms with van der Waals surface area (Å²) in [5.41, 5.74) is 2.11. The molecule has 2 aromatic carbocycles. The number of piperidine rings is 1. The Kier molecular flexibility index (Phi) is 5.93. The van der Waals surface area contributed by atoms with Crippen molar-refractivity contribution >= 4 is 28.4 Å². The van der Waals surface area contributed by atoms with Gasteiger partial charge in [-0.25, -0.2) is 4.98 Å². The zero-order chi connectivity index (χ0) is 21.9. The van der Waals surface area contributed by atoms with Crippen molar-refractivity contribution in [1.82, 2.24) is 14.9 Å². The molecule has 2 aliphatic rings. The Morgan fingerprint density at radius 3 is 2.41 bits per heavy atom. The summed E-state index contributed by atoms with van der Waals surface area (Å²) in [5, 5.41) is 2.35. The van der Waals surface area contributed by atoms with Gasteiger partial charge in [0, 0.05) is 51.0 Å². The van der Waals surface area contributed by atoms with E-state index in [0.717, 1.165) is 49.2 Å². The lowest BCUT2D eigenvalue weighted by Gasteiger charge is -2.35. The van der Waals surface area contributed by atoms with Gasteiger partial charge in [0.05, 0.1) is 6.42 Å². The number of rotatable bonds is 4. The second-order valence-electron chi connectivity index (χ2n) is 8.90. The van der Waals surface area contributed by atoms with Crippen molar-refractivity contribution in [2.24, 2.45) is 0 Å². The number of piperazine rings is 1. The maximum Gasteiger partial charge on any atom is 0.227 e. The van der Waals surface area contributed by atoms with Crippen molar-refractivity contribution in [2.75, 3.05) is 49.1 Å². The molecule has 0 aliphatic carbocycles. The van der Waals surface area contributed by atoms with E-state index in [9.17, 15) is 4.79 Å². The number of nitrogens with zero attached hydrogens (tertiary/aromatic N) is 5. The van der Waals surface area contributed by atoms with Gasteiger partial charge in [0.25, 0.3) is 0 Å². The molecule has 0 radical (unpaired) electrons. The predicted molar refractivity (Wildman–Crippen MR) is 129 cm³/mol. The van der Waals surface area contributed by atoms with E-state index in [4.69, 9.17) is 9.97 Å². The van der Waals surface area contributed by atoms with Crippen LogP contribution in [0.2, 0.25) is 0 Å². The zero-order valence-corrected chi connectivity index (χ0v) is 18.8. The van der Waals surface area contributed by atoms with Gasteiger partial charge in [0.2, 0.25) is 11.9 Å². The Hall–Kier alpha value is -3.15. The van der Waals surface area contributed by atoms with Gasteiger partial charge in [-0.15, -0.1) is 0 Å². The van der Waals surface area contributed by atoms with E-state index < -0.39 is 0 Å². The molecular weight excluding hydrogens is 398 g/mol. The van der Waals surface area contributed by atoms with E-state index in [0.29, 0.717) is 19.5 Å². The van der Waals surface area contributed by atoms with E-state index in [-0.39, 0.29) is 5.91 Å². The van der Waals surface area contributed by atoms with Crippen LogP contribution in [0, 0.1) is 6.92 Å². The lowest BCUT2D eigenvalue weighted by molar-refractivity contribution is -0.130. The van der Waals surface area contributed by atoms with Crippen LogP contribution in [0.3, 0.4) is 0 Å². The van der Waals surface area contributed by atoms with Gasteiger partial charge in [-0.1, -0.05) is 42.5 Å². The Morgan fingerprint density at radius 1 is 0.844 bits per heavy atom. The number of aromatic nitrogens is 2. The lowest BCUT2D eigenvalue weighted by Crippen LogP contribution is -2.49. The first-order valence-electron chi connectivity index (χ1n) is 11.8. The van der Waals surface area contributed by atoms with Crippen LogP contribution in [0.5, 0.6) is 0 Å². The highest BCUT2D eigenvalue weighted by Gasteiger charge is 2.24. The van der Waals surface area contributed by atoms with Crippen molar-refractivity contribution < 1.29 is 4.79 Å². The molecule has 1 amide bonds. The van der Waals surface area contributed by atoms with Gasteiger partial charge >= 0.3 is 0 Å². The number of amides is 1. The first-order chi connectivity index (χ1) is 15.7. The third-order valence-electron chi connectivity index (χ3n) is 6.65. The van der Waals surface area contributed by atoms with Gasteiger partial charge in [0.15, 0.2) is 0 Å². The summed E-state index contributed by atoms with van der Waals surface area (Å²) in [6.07, 6.45) is 4.22. The fourth-order valence-corrected chi connectivity index (χ4v) is 4.84. The quantitative estimate of drug-likeness (QED) is 0.631. The molecule has 3 heterocycles. The standard InChI is InChI=1S/C26H31N5O/c1-20-18-24(29-12-5-2-6-13-29)28-26(27-20)31-16-14-30(15-17-31)25(32)19-22-10-7-9-21-8-3-4-11-23(21)22/h3-4,7-11,18H,2,5-6,12-17,19H2,1H3. The number of carbonyl (C=O) groups excluding carboxylic acids is 1.